The first kappa shape index (κ1) is 94.2. The van der Waals surface area contributed by atoms with Crippen molar-refractivity contribution in [2.45, 2.75) is 512 Å². The molecule has 0 aromatic rings. The molecule has 0 aliphatic heterocycles. The largest absolute Gasteiger partial charge is 0.0649 e. The summed E-state index contributed by atoms with van der Waals surface area (Å²) in [6.45, 7) is 56.8. The molecule has 16 bridgehead atoms. The van der Waals surface area contributed by atoms with Crippen molar-refractivity contribution in [1.82, 2.24) is 0 Å². The lowest BCUT2D eigenvalue weighted by molar-refractivity contribution is 0.0145. The fraction of sp³-hybridized carbons (Fsp3) is 1.00. The Bertz CT molecular complexity index is 3260. The van der Waals surface area contributed by atoms with Gasteiger partial charge in [0.25, 0.3) is 0 Å². The van der Waals surface area contributed by atoms with E-state index in [4.69, 9.17) is 0 Å². The quantitative estimate of drug-likeness (QED) is 0.246. The summed E-state index contributed by atoms with van der Waals surface area (Å²) in [7, 11) is 0. The zero-order valence-corrected chi connectivity index (χ0v) is 85.9. The minimum atomic E-state index is 0.665. The van der Waals surface area contributed by atoms with Crippen LogP contribution in [0.25, 0.3) is 0 Å². The first-order valence-electron chi connectivity index (χ1n) is 57.2. The van der Waals surface area contributed by atoms with Gasteiger partial charge in [-0.15, -0.1) is 0 Å². The molecular weight excluding hydrogens is 1450 g/mol. The van der Waals surface area contributed by atoms with E-state index in [1.54, 1.807) is 148 Å². The van der Waals surface area contributed by atoms with Gasteiger partial charge in [0, 0.05) is 0 Å². The van der Waals surface area contributed by atoms with Crippen molar-refractivity contribution >= 4 is 0 Å². The molecule has 25 aliphatic carbocycles. The third-order valence-electron chi connectivity index (χ3n) is 48.4. The van der Waals surface area contributed by atoms with Gasteiger partial charge in [-0.1, -0.05) is 294 Å². The van der Waals surface area contributed by atoms with Crippen LogP contribution in [0, 0.1) is 249 Å². The molecule has 25 aliphatic rings. The molecule has 34 atom stereocenters. The van der Waals surface area contributed by atoms with Crippen LogP contribution in [0.15, 0.2) is 0 Å². The second-order valence-corrected chi connectivity index (χ2v) is 58.5. The van der Waals surface area contributed by atoms with Gasteiger partial charge in [0.2, 0.25) is 0 Å². The summed E-state index contributed by atoms with van der Waals surface area (Å²) in [6.07, 6.45) is 84.3. The molecule has 0 N–H and O–H groups in total. The predicted octanol–water partition coefficient (Wildman–Crippen LogP) is 37.3. The van der Waals surface area contributed by atoms with Crippen LogP contribution in [-0.2, 0) is 0 Å². The van der Waals surface area contributed by atoms with E-state index in [9.17, 15) is 0 Å². The van der Waals surface area contributed by atoms with Gasteiger partial charge in [-0.2, -0.15) is 0 Å². The SMILES string of the molecule is CC(C)C1(C)CC2CC1C1C3CCC(C3)C21.CC(C)C1(C)CC2CCC1C2.CC(C)C1(C)CCC2CCCCC2C1.CC1(C)CC2CC1C1C3CCC(C3)C21.CC1(C)CC2CC1C1CCCC21.CC1(C)CCC2CCCCC2C1.CC1(C)CCCC1.CC1(C)CCCC2CCCCC21.CC1(C)CCCCC1.CCC1(C)CC2CC1C1C3CCC(C3)C21. The fourth-order valence-corrected chi connectivity index (χ4v) is 40.8. The Morgan fingerprint density at radius 1 is 0.223 bits per heavy atom. The highest BCUT2D eigenvalue weighted by Crippen LogP contribution is 2.76. The summed E-state index contributed by atoms with van der Waals surface area (Å²) in [5.74, 6) is 37.0. The maximum atomic E-state index is 2.62. The Morgan fingerprint density at radius 2 is 0.661 bits per heavy atom. The van der Waals surface area contributed by atoms with Crippen molar-refractivity contribution in [3.05, 3.63) is 0 Å². The molecule has 0 amide bonds. The Labute approximate surface area is 756 Å². The van der Waals surface area contributed by atoms with Crippen LogP contribution in [0.2, 0.25) is 0 Å². The summed E-state index contributed by atoms with van der Waals surface area (Å²) in [5.41, 5.74) is 6.95. The molecule has 0 nitrogen and oxygen atoms in total. The van der Waals surface area contributed by atoms with Crippen LogP contribution in [0.4, 0.5) is 0 Å². The minimum Gasteiger partial charge on any atom is -0.0649 e. The van der Waals surface area contributed by atoms with E-state index in [1.807, 2.05) is 0 Å². The molecule has 0 heterocycles. The number of hydrogen-bond donors (Lipinski definition) is 0. The molecule has 696 valence electrons. The monoisotopic (exact) mass is 1670 g/mol. The van der Waals surface area contributed by atoms with Crippen LogP contribution in [-0.4, -0.2) is 0 Å². The standard InChI is InChI=1S/C16H26.C15H24.C14H22.C14H26.C12H20.2C12H22.C11H20.C8H16.C7H14/c1-9(2)16(3)8-12-7-13(16)15-11-5-4-10(6-11)14(12)15;1-3-15(2)8-11-7-12(15)14-10-5-4-9(6-10)13(11)14;1-14(2)7-10-6-11(14)13-9-4-3-8(5-9)12(10)13;1-11(2)14(3)9-8-12-6-4-5-7-13(12)10-14;1-12(2)7-8-6-11(12)10-5-3-4-9(8)10;1-12(2)9-5-7-10-6-3-4-8-11(10)12;1-12(2)8-7-10-5-3-4-6-11(10)9-12;1-8(2)11(3)7-9-4-5-10(11)6-9;1-8(2)6-4-3-5-7-8;1-7(2)5-3-4-6-7/h9-15H,4-8H2,1-3H3;9-14H,3-8H2,1-2H3;8-13H,3-7H2,1-2H3;11-13H,4-10H2,1-3H3;8-11H,3-7H2,1-2H3;2*10-11H,3-9H2,1-2H3;8-10H,4-7H2,1-3H3;3-7H2,1-2H3;3-6H2,1-2H3. The Balaban J connectivity index is 0.000000101. The van der Waals surface area contributed by atoms with Gasteiger partial charge >= 0.3 is 0 Å². The number of hydrogen-bond acceptors (Lipinski definition) is 0. The molecule has 25 fully saturated rings. The Morgan fingerprint density at radius 3 is 1.16 bits per heavy atom. The molecule has 0 aromatic heterocycles. The van der Waals surface area contributed by atoms with Gasteiger partial charge in [-0.05, 0) is 468 Å². The van der Waals surface area contributed by atoms with Gasteiger partial charge in [0.05, 0.1) is 0 Å². The molecule has 0 saturated heterocycles. The molecule has 0 spiro atoms. The summed E-state index contributed by atoms with van der Waals surface area (Å²) in [6, 6.07) is 0. The maximum absolute atomic E-state index is 2.62. The van der Waals surface area contributed by atoms with Crippen LogP contribution < -0.4 is 0 Å². The van der Waals surface area contributed by atoms with Gasteiger partial charge in [0.15, 0.2) is 0 Å². The van der Waals surface area contributed by atoms with Crippen LogP contribution in [0.3, 0.4) is 0 Å². The van der Waals surface area contributed by atoms with E-state index < -0.39 is 0 Å². The minimum absolute atomic E-state index is 0.665. The van der Waals surface area contributed by atoms with E-state index in [2.05, 4.69) is 159 Å². The summed E-state index contributed by atoms with van der Waals surface area (Å²) >= 11 is 0. The van der Waals surface area contributed by atoms with Crippen molar-refractivity contribution < 1.29 is 0 Å². The number of rotatable bonds is 4. The van der Waals surface area contributed by atoms with E-state index in [0.717, 1.165) is 130 Å². The molecule has 25 rings (SSSR count). The Kier molecular flexibility index (Phi) is 28.9. The van der Waals surface area contributed by atoms with E-state index >= 15 is 0 Å². The third-order valence-corrected chi connectivity index (χ3v) is 48.4. The van der Waals surface area contributed by atoms with Crippen molar-refractivity contribution in [3.63, 3.8) is 0 Å². The summed E-state index contributed by atoms with van der Waals surface area (Å²) < 4.78 is 0. The van der Waals surface area contributed by atoms with E-state index in [-0.39, 0.29) is 0 Å². The van der Waals surface area contributed by atoms with Crippen LogP contribution in [0.1, 0.15) is 512 Å². The van der Waals surface area contributed by atoms with Crippen LogP contribution >= 0.6 is 0 Å². The van der Waals surface area contributed by atoms with Gasteiger partial charge in [0.1, 0.15) is 0 Å². The normalized spacial score (nSPS) is 49.9. The first-order valence-corrected chi connectivity index (χ1v) is 57.2. The maximum Gasteiger partial charge on any atom is -0.0269 e. The number of fused-ring (bicyclic) bond motifs is 37. The van der Waals surface area contributed by atoms with Crippen molar-refractivity contribution in [2.24, 2.45) is 249 Å². The molecule has 0 radical (unpaired) electrons. The molecule has 25 saturated carbocycles. The van der Waals surface area contributed by atoms with Crippen molar-refractivity contribution in [2.75, 3.05) is 0 Å². The molecule has 121 heavy (non-hydrogen) atoms. The highest BCUT2D eigenvalue weighted by Gasteiger charge is 2.68. The summed E-state index contributed by atoms with van der Waals surface area (Å²) in [4.78, 5) is 0. The predicted molar refractivity (Wildman–Crippen MR) is 524 cm³/mol. The topological polar surface area (TPSA) is 0 Å². The molecule has 0 aromatic carbocycles. The lowest BCUT2D eigenvalue weighted by Crippen LogP contribution is -2.41. The summed E-state index contributed by atoms with van der Waals surface area (Å²) in [5, 5.41) is 0. The lowest BCUT2D eigenvalue weighted by atomic mass is 9.58. The average molecular weight is 1670 g/mol. The fourth-order valence-electron chi connectivity index (χ4n) is 40.8. The zero-order valence-electron chi connectivity index (χ0n) is 85.9. The zero-order chi connectivity index (χ0) is 85.9. The first-order chi connectivity index (χ1) is 57.2. The Hall–Kier alpha value is 0. The molecule has 0 heteroatoms. The second-order valence-electron chi connectivity index (χ2n) is 58.5. The molecule has 34 unspecified atom stereocenters. The van der Waals surface area contributed by atoms with Crippen molar-refractivity contribution in [1.29, 1.82) is 0 Å². The van der Waals surface area contributed by atoms with E-state index in [1.165, 1.54) is 276 Å². The van der Waals surface area contributed by atoms with Crippen molar-refractivity contribution in [3.8, 4) is 0 Å². The smallest absolute Gasteiger partial charge is 0.0269 e. The van der Waals surface area contributed by atoms with Gasteiger partial charge < -0.3 is 0 Å². The average Bonchev–Trinajstić information content (AvgIpc) is 1.60. The highest BCUT2D eigenvalue weighted by molar-refractivity contribution is 5.17. The molecular formula is C121H212. The van der Waals surface area contributed by atoms with Crippen LogP contribution in [0.5, 0.6) is 0 Å². The third kappa shape index (κ3) is 19.5. The van der Waals surface area contributed by atoms with Gasteiger partial charge in [-0.25, -0.2) is 0 Å². The second kappa shape index (κ2) is 37.1. The lowest BCUT2D eigenvalue weighted by Gasteiger charge is -2.47. The highest BCUT2D eigenvalue weighted by atomic mass is 14.7. The van der Waals surface area contributed by atoms with Gasteiger partial charge in [-0.3, -0.25) is 0 Å². The van der Waals surface area contributed by atoms with E-state index in [0.29, 0.717) is 48.7 Å².